The number of carbonyl (C=O) groups excluding carboxylic acids is 1. The van der Waals surface area contributed by atoms with Gasteiger partial charge in [-0.1, -0.05) is 37.3 Å². The number of amides is 2. The number of nitrogens with two attached hydrogens (primary N) is 2. The van der Waals surface area contributed by atoms with Crippen LogP contribution in [0.2, 0.25) is 0 Å². The predicted molar refractivity (Wildman–Crippen MR) is 74.3 cm³/mol. The Labute approximate surface area is 113 Å². The van der Waals surface area contributed by atoms with Crippen molar-refractivity contribution in [1.29, 1.82) is 0 Å². The van der Waals surface area contributed by atoms with Gasteiger partial charge in [-0.3, -0.25) is 0 Å². The standard InChI is InChI=1S/C13H20N4O2/c1-3-11(17(2)12(14)16-13(15)18)19-9-10-7-5-4-6-8-10/h4-8,11H,3,9H2,1-2H3,(H4,14,15,16,18). The van der Waals surface area contributed by atoms with Gasteiger partial charge in [-0.15, -0.1) is 0 Å². The Kier molecular flexibility index (Phi) is 5.81. The molecule has 1 atom stereocenters. The summed E-state index contributed by atoms with van der Waals surface area (Å²) in [4.78, 5) is 15.8. The number of ether oxygens (including phenoxy) is 1. The highest BCUT2D eigenvalue weighted by Crippen LogP contribution is 2.08. The van der Waals surface area contributed by atoms with E-state index in [1.54, 1.807) is 11.9 Å². The van der Waals surface area contributed by atoms with Gasteiger partial charge in [0.1, 0.15) is 6.23 Å². The van der Waals surface area contributed by atoms with Gasteiger partial charge in [0.2, 0.25) is 5.96 Å². The summed E-state index contributed by atoms with van der Waals surface area (Å²) in [6.07, 6.45) is 0.446. The third-order valence-corrected chi connectivity index (χ3v) is 2.65. The third-order valence-electron chi connectivity index (χ3n) is 2.65. The molecule has 0 radical (unpaired) electrons. The first-order valence-electron chi connectivity index (χ1n) is 6.06. The van der Waals surface area contributed by atoms with Crippen LogP contribution >= 0.6 is 0 Å². The largest absolute Gasteiger partial charge is 0.369 e. The Hall–Kier alpha value is -2.08. The van der Waals surface area contributed by atoms with Gasteiger partial charge in [0.05, 0.1) is 6.61 Å². The van der Waals surface area contributed by atoms with Gasteiger partial charge in [0.15, 0.2) is 0 Å². The molecule has 2 amide bonds. The zero-order valence-corrected chi connectivity index (χ0v) is 11.2. The minimum absolute atomic E-state index is 0.0485. The van der Waals surface area contributed by atoms with Crippen LogP contribution in [0.3, 0.4) is 0 Å². The first-order valence-corrected chi connectivity index (χ1v) is 6.06. The van der Waals surface area contributed by atoms with Crippen LogP contribution < -0.4 is 11.5 Å². The van der Waals surface area contributed by atoms with Crippen LogP contribution in [-0.4, -0.2) is 30.2 Å². The zero-order valence-electron chi connectivity index (χ0n) is 11.2. The first-order chi connectivity index (χ1) is 9.04. The van der Waals surface area contributed by atoms with Crippen molar-refractivity contribution in [2.24, 2.45) is 16.5 Å². The van der Waals surface area contributed by atoms with E-state index in [0.29, 0.717) is 13.0 Å². The fourth-order valence-corrected chi connectivity index (χ4v) is 1.61. The molecule has 0 aliphatic carbocycles. The minimum Gasteiger partial charge on any atom is -0.369 e. The van der Waals surface area contributed by atoms with E-state index in [2.05, 4.69) is 4.99 Å². The maximum atomic E-state index is 10.7. The number of hydrogen-bond donors (Lipinski definition) is 2. The summed E-state index contributed by atoms with van der Waals surface area (Å²) in [5, 5.41) is 0. The summed E-state index contributed by atoms with van der Waals surface area (Å²) in [5.74, 6) is 0.0485. The Morgan fingerprint density at radius 3 is 2.53 bits per heavy atom. The molecular weight excluding hydrogens is 244 g/mol. The molecule has 0 heterocycles. The highest BCUT2D eigenvalue weighted by Gasteiger charge is 2.15. The number of benzene rings is 1. The van der Waals surface area contributed by atoms with Crippen molar-refractivity contribution < 1.29 is 9.53 Å². The van der Waals surface area contributed by atoms with Crippen molar-refractivity contribution in [2.45, 2.75) is 26.2 Å². The van der Waals surface area contributed by atoms with E-state index < -0.39 is 6.03 Å². The number of primary amides is 1. The van der Waals surface area contributed by atoms with Gasteiger partial charge in [-0.2, -0.15) is 4.99 Å². The Balaban J connectivity index is 2.60. The lowest BCUT2D eigenvalue weighted by molar-refractivity contribution is -0.0296. The molecule has 0 aliphatic heterocycles. The molecule has 104 valence electrons. The van der Waals surface area contributed by atoms with Crippen LogP contribution in [0.4, 0.5) is 4.79 Å². The second-order valence-corrected chi connectivity index (χ2v) is 4.08. The topological polar surface area (TPSA) is 93.9 Å². The predicted octanol–water partition coefficient (Wildman–Crippen LogP) is 1.26. The van der Waals surface area contributed by atoms with Crippen molar-refractivity contribution >= 4 is 12.0 Å². The molecule has 1 unspecified atom stereocenters. The smallest absolute Gasteiger partial charge is 0.341 e. The van der Waals surface area contributed by atoms with Gasteiger partial charge in [-0.25, -0.2) is 4.79 Å². The van der Waals surface area contributed by atoms with Crippen LogP contribution in [0.1, 0.15) is 18.9 Å². The van der Waals surface area contributed by atoms with Crippen LogP contribution in [0.15, 0.2) is 35.3 Å². The maximum absolute atomic E-state index is 10.7. The molecular formula is C13H20N4O2. The van der Waals surface area contributed by atoms with Crippen molar-refractivity contribution in [3.05, 3.63) is 35.9 Å². The molecule has 6 heteroatoms. The molecule has 0 fully saturated rings. The van der Waals surface area contributed by atoms with E-state index in [9.17, 15) is 4.79 Å². The lowest BCUT2D eigenvalue weighted by Crippen LogP contribution is -2.43. The zero-order chi connectivity index (χ0) is 14.3. The molecule has 0 saturated heterocycles. The quantitative estimate of drug-likeness (QED) is 0.475. The van der Waals surface area contributed by atoms with Crippen molar-refractivity contribution in [1.82, 2.24) is 4.90 Å². The SMILES string of the molecule is CCC(OCc1ccccc1)N(C)/C(N)=N\C(N)=O. The van der Waals surface area contributed by atoms with Crippen molar-refractivity contribution in [3.8, 4) is 0 Å². The van der Waals surface area contributed by atoms with Gasteiger partial charge in [-0.05, 0) is 12.0 Å². The molecule has 0 saturated carbocycles. The van der Waals surface area contributed by atoms with E-state index in [1.165, 1.54) is 0 Å². The van der Waals surface area contributed by atoms with Crippen LogP contribution in [0, 0.1) is 0 Å². The minimum atomic E-state index is -0.817. The number of urea groups is 1. The number of guanidine groups is 1. The summed E-state index contributed by atoms with van der Waals surface area (Å²) < 4.78 is 5.75. The molecule has 1 aromatic carbocycles. The molecule has 6 nitrogen and oxygen atoms in total. The normalized spacial score (nSPS) is 13.1. The lowest BCUT2D eigenvalue weighted by atomic mass is 10.2. The second-order valence-electron chi connectivity index (χ2n) is 4.08. The summed E-state index contributed by atoms with van der Waals surface area (Å²) in [6.45, 7) is 2.43. The highest BCUT2D eigenvalue weighted by molar-refractivity contribution is 5.90. The van der Waals surface area contributed by atoms with E-state index >= 15 is 0 Å². The van der Waals surface area contributed by atoms with Gasteiger partial charge in [0.25, 0.3) is 0 Å². The fraction of sp³-hybridized carbons (Fsp3) is 0.385. The Morgan fingerprint density at radius 2 is 2.00 bits per heavy atom. The number of hydrogen-bond acceptors (Lipinski definition) is 2. The molecule has 0 aliphatic rings. The lowest BCUT2D eigenvalue weighted by Gasteiger charge is -2.27. The highest BCUT2D eigenvalue weighted by atomic mass is 16.5. The summed E-state index contributed by atoms with van der Waals surface area (Å²) in [7, 11) is 1.71. The summed E-state index contributed by atoms with van der Waals surface area (Å²) >= 11 is 0. The molecule has 0 aromatic heterocycles. The summed E-state index contributed by atoms with van der Waals surface area (Å²) in [5.41, 5.74) is 11.7. The van der Waals surface area contributed by atoms with Crippen LogP contribution in [0.25, 0.3) is 0 Å². The van der Waals surface area contributed by atoms with Crippen LogP contribution in [-0.2, 0) is 11.3 Å². The maximum Gasteiger partial charge on any atom is 0.341 e. The van der Waals surface area contributed by atoms with E-state index in [0.717, 1.165) is 5.56 Å². The average Bonchev–Trinajstić information content (AvgIpc) is 2.39. The fourth-order valence-electron chi connectivity index (χ4n) is 1.61. The number of aliphatic imine (C=N–C) groups is 1. The first kappa shape index (κ1) is 15.0. The van der Waals surface area contributed by atoms with E-state index in [4.69, 9.17) is 16.2 Å². The van der Waals surface area contributed by atoms with Gasteiger partial charge < -0.3 is 21.1 Å². The molecule has 0 spiro atoms. The van der Waals surface area contributed by atoms with E-state index in [1.807, 2.05) is 37.3 Å². The summed E-state index contributed by atoms with van der Waals surface area (Å²) in [6, 6.07) is 8.99. The number of rotatable bonds is 5. The average molecular weight is 264 g/mol. The monoisotopic (exact) mass is 264 g/mol. The van der Waals surface area contributed by atoms with E-state index in [-0.39, 0.29) is 12.2 Å². The Bertz CT molecular complexity index is 434. The molecule has 1 rings (SSSR count). The number of nitrogens with zero attached hydrogens (tertiary/aromatic N) is 2. The van der Waals surface area contributed by atoms with Gasteiger partial charge >= 0.3 is 6.03 Å². The molecule has 0 bridgehead atoms. The van der Waals surface area contributed by atoms with Crippen molar-refractivity contribution in [2.75, 3.05) is 7.05 Å². The number of carbonyl (C=O) groups is 1. The third kappa shape index (κ3) is 4.97. The molecule has 4 N–H and O–H groups in total. The molecule has 1 aromatic rings. The molecule has 19 heavy (non-hydrogen) atoms. The van der Waals surface area contributed by atoms with Crippen molar-refractivity contribution in [3.63, 3.8) is 0 Å². The van der Waals surface area contributed by atoms with Crippen LogP contribution in [0.5, 0.6) is 0 Å². The Morgan fingerprint density at radius 1 is 1.37 bits per heavy atom. The second kappa shape index (κ2) is 7.38. The van der Waals surface area contributed by atoms with Gasteiger partial charge in [0, 0.05) is 7.05 Å².